The summed E-state index contributed by atoms with van der Waals surface area (Å²) in [4.78, 5) is 15.1. The molecule has 5 heteroatoms. The van der Waals surface area contributed by atoms with E-state index in [1.54, 1.807) is 6.07 Å². The topological polar surface area (TPSA) is 50.2 Å². The van der Waals surface area contributed by atoms with Crippen LogP contribution in [0.5, 0.6) is 0 Å². The molecule has 2 heterocycles. The maximum Gasteiger partial charge on any atom is 0.338 e. The highest BCUT2D eigenvalue weighted by molar-refractivity contribution is 7.99. The molecule has 0 bridgehead atoms. The van der Waals surface area contributed by atoms with Gasteiger partial charge in [0.05, 0.1) is 5.56 Å². The predicted octanol–water partition coefficient (Wildman–Crippen LogP) is 3.00. The first-order valence-electron chi connectivity index (χ1n) is 4.94. The van der Waals surface area contributed by atoms with Crippen molar-refractivity contribution in [3.05, 3.63) is 28.0 Å². The van der Waals surface area contributed by atoms with Crippen LogP contribution < -0.4 is 0 Å². The number of hydrogen-bond acceptors (Lipinski definition) is 3. The SMILES string of the molecule is CC1(C)Cc2nc(Cl)c(C(=O)O)cc2CS1. The van der Waals surface area contributed by atoms with Gasteiger partial charge in [0.25, 0.3) is 0 Å². The molecule has 2 rings (SSSR count). The zero-order valence-corrected chi connectivity index (χ0v) is 10.7. The van der Waals surface area contributed by atoms with Crippen LogP contribution in [-0.2, 0) is 12.2 Å². The van der Waals surface area contributed by atoms with E-state index in [-0.39, 0.29) is 15.5 Å². The largest absolute Gasteiger partial charge is 0.478 e. The minimum Gasteiger partial charge on any atom is -0.478 e. The van der Waals surface area contributed by atoms with Crippen molar-refractivity contribution < 1.29 is 9.90 Å². The quantitative estimate of drug-likeness (QED) is 0.786. The summed E-state index contributed by atoms with van der Waals surface area (Å²) >= 11 is 7.66. The molecule has 0 saturated carbocycles. The van der Waals surface area contributed by atoms with Crippen LogP contribution >= 0.6 is 23.4 Å². The second-order valence-corrected chi connectivity index (χ2v) is 6.50. The normalized spacial score (nSPS) is 17.9. The molecule has 1 aromatic heterocycles. The molecule has 0 atom stereocenters. The van der Waals surface area contributed by atoms with Gasteiger partial charge in [0.2, 0.25) is 0 Å². The van der Waals surface area contributed by atoms with Gasteiger partial charge in [-0.2, -0.15) is 11.8 Å². The Bertz CT molecular complexity index is 460. The van der Waals surface area contributed by atoms with E-state index in [2.05, 4.69) is 18.8 Å². The Kier molecular flexibility index (Phi) is 2.88. The molecule has 0 saturated heterocycles. The highest BCUT2D eigenvalue weighted by Crippen LogP contribution is 2.38. The molecule has 86 valence electrons. The smallest absolute Gasteiger partial charge is 0.338 e. The number of aromatic carboxylic acids is 1. The standard InChI is InChI=1S/C11H12ClNO2S/c1-11(2)4-8-6(5-16-11)3-7(10(14)15)9(12)13-8/h3H,4-5H2,1-2H3,(H,14,15). The van der Waals surface area contributed by atoms with Crippen LogP contribution in [0, 0.1) is 0 Å². The van der Waals surface area contributed by atoms with Gasteiger partial charge in [-0.25, -0.2) is 9.78 Å². The lowest BCUT2D eigenvalue weighted by Gasteiger charge is -2.30. The second-order valence-electron chi connectivity index (χ2n) is 4.46. The second kappa shape index (κ2) is 3.93. The van der Waals surface area contributed by atoms with E-state index in [1.807, 2.05) is 11.8 Å². The minimum absolute atomic E-state index is 0.0916. The molecule has 1 aliphatic heterocycles. The van der Waals surface area contributed by atoms with E-state index >= 15 is 0 Å². The number of carbonyl (C=O) groups is 1. The molecule has 16 heavy (non-hydrogen) atoms. The fourth-order valence-corrected chi connectivity index (χ4v) is 3.00. The molecule has 3 nitrogen and oxygen atoms in total. The predicted molar refractivity (Wildman–Crippen MR) is 65.3 cm³/mol. The van der Waals surface area contributed by atoms with Crippen molar-refractivity contribution in [3.8, 4) is 0 Å². The lowest BCUT2D eigenvalue weighted by Crippen LogP contribution is -2.25. The highest BCUT2D eigenvalue weighted by Gasteiger charge is 2.28. The van der Waals surface area contributed by atoms with Gasteiger partial charge in [0.1, 0.15) is 5.15 Å². The molecule has 0 fully saturated rings. The molecule has 0 aromatic carbocycles. The maximum absolute atomic E-state index is 10.9. The van der Waals surface area contributed by atoms with Crippen LogP contribution in [-0.4, -0.2) is 20.8 Å². The Morgan fingerprint density at radius 2 is 2.31 bits per heavy atom. The first-order valence-corrected chi connectivity index (χ1v) is 6.31. The zero-order chi connectivity index (χ0) is 11.9. The van der Waals surface area contributed by atoms with Gasteiger partial charge in [0.15, 0.2) is 0 Å². The van der Waals surface area contributed by atoms with Gasteiger partial charge in [-0.15, -0.1) is 0 Å². The van der Waals surface area contributed by atoms with Crippen molar-refractivity contribution in [2.75, 3.05) is 0 Å². The van der Waals surface area contributed by atoms with Gasteiger partial charge in [0, 0.05) is 22.6 Å². The number of carboxylic acids is 1. The number of pyridine rings is 1. The Labute approximate surface area is 103 Å². The van der Waals surface area contributed by atoms with Crippen molar-refractivity contribution >= 4 is 29.3 Å². The van der Waals surface area contributed by atoms with Crippen molar-refractivity contribution in [2.24, 2.45) is 0 Å². The average molecular weight is 258 g/mol. The molecule has 1 N–H and O–H groups in total. The summed E-state index contributed by atoms with van der Waals surface area (Å²) in [6.45, 7) is 4.31. The minimum atomic E-state index is -1.02. The molecule has 0 unspecified atom stereocenters. The number of thioether (sulfide) groups is 1. The Hall–Kier alpha value is -0.740. The first-order chi connectivity index (χ1) is 7.39. The van der Waals surface area contributed by atoms with Gasteiger partial charge >= 0.3 is 5.97 Å². The highest BCUT2D eigenvalue weighted by atomic mass is 35.5. The lowest BCUT2D eigenvalue weighted by atomic mass is 10.0. The lowest BCUT2D eigenvalue weighted by molar-refractivity contribution is 0.0696. The number of halogens is 1. The fraction of sp³-hybridized carbons (Fsp3) is 0.455. The summed E-state index contributed by atoms with van der Waals surface area (Å²) in [6.07, 6.45) is 0.826. The number of carboxylic acid groups (broad SMARTS) is 1. The van der Waals surface area contributed by atoms with Crippen molar-refractivity contribution in [2.45, 2.75) is 30.8 Å². The van der Waals surface area contributed by atoms with Crippen LogP contribution in [0.2, 0.25) is 5.15 Å². The summed E-state index contributed by atoms with van der Waals surface area (Å²) in [5.74, 6) is -0.220. The first kappa shape index (κ1) is 11.7. The van der Waals surface area contributed by atoms with E-state index in [9.17, 15) is 4.79 Å². The van der Waals surface area contributed by atoms with Crippen molar-refractivity contribution in [1.82, 2.24) is 4.98 Å². The molecule has 1 aliphatic rings. The molecule has 0 spiro atoms. The third-order valence-electron chi connectivity index (χ3n) is 2.59. The number of hydrogen-bond donors (Lipinski definition) is 1. The number of aromatic nitrogens is 1. The Morgan fingerprint density at radius 1 is 1.62 bits per heavy atom. The third kappa shape index (κ3) is 2.18. The summed E-state index contributed by atoms with van der Waals surface area (Å²) in [6, 6.07) is 1.65. The molecule has 0 amide bonds. The fourth-order valence-electron chi connectivity index (χ4n) is 1.72. The van der Waals surface area contributed by atoms with Crippen molar-refractivity contribution in [3.63, 3.8) is 0 Å². The number of fused-ring (bicyclic) bond motifs is 1. The van der Waals surface area contributed by atoms with Crippen LogP contribution in [0.4, 0.5) is 0 Å². The maximum atomic E-state index is 10.9. The average Bonchev–Trinajstić information content (AvgIpc) is 2.14. The van der Waals surface area contributed by atoms with Gasteiger partial charge in [-0.3, -0.25) is 0 Å². The summed E-state index contributed by atoms with van der Waals surface area (Å²) in [7, 11) is 0. The van der Waals surface area contributed by atoms with E-state index in [4.69, 9.17) is 16.7 Å². The monoisotopic (exact) mass is 257 g/mol. The molecule has 1 aromatic rings. The Morgan fingerprint density at radius 3 is 2.94 bits per heavy atom. The molecule has 0 radical (unpaired) electrons. The van der Waals surface area contributed by atoms with E-state index < -0.39 is 5.97 Å². The zero-order valence-electron chi connectivity index (χ0n) is 9.08. The number of nitrogens with zero attached hydrogens (tertiary/aromatic N) is 1. The summed E-state index contributed by atoms with van der Waals surface area (Å²) in [5, 5.41) is 9.03. The van der Waals surface area contributed by atoms with Crippen LogP contribution in [0.15, 0.2) is 6.07 Å². The van der Waals surface area contributed by atoms with Crippen LogP contribution in [0.3, 0.4) is 0 Å². The third-order valence-corrected chi connectivity index (χ3v) is 4.26. The van der Waals surface area contributed by atoms with E-state index in [1.165, 1.54) is 0 Å². The van der Waals surface area contributed by atoms with Crippen LogP contribution in [0.1, 0.15) is 35.5 Å². The number of rotatable bonds is 1. The summed E-state index contributed by atoms with van der Waals surface area (Å²) < 4.78 is 0.147. The Balaban J connectivity index is 2.46. The van der Waals surface area contributed by atoms with Crippen LogP contribution in [0.25, 0.3) is 0 Å². The summed E-state index contributed by atoms with van der Waals surface area (Å²) in [5.41, 5.74) is 2.02. The van der Waals surface area contributed by atoms with E-state index in [0.717, 1.165) is 23.4 Å². The molecular formula is C11H12ClNO2S. The molecule has 0 aliphatic carbocycles. The van der Waals surface area contributed by atoms with Gasteiger partial charge < -0.3 is 5.11 Å². The molecular weight excluding hydrogens is 246 g/mol. The van der Waals surface area contributed by atoms with Crippen molar-refractivity contribution in [1.29, 1.82) is 0 Å². The van der Waals surface area contributed by atoms with Gasteiger partial charge in [-0.05, 0) is 11.6 Å². The van der Waals surface area contributed by atoms with Gasteiger partial charge in [-0.1, -0.05) is 25.4 Å². The van der Waals surface area contributed by atoms with E-state index in [0.29, 0.717) is 0 Å².